The number of nitrogens with zero attached hydrogens (tertiary/aromatic N) is 5. The fourth-order valence-electron chi connectivity index (χ4n) is 3.45. The molecule has 0 amide bonds. The molecule has 9 heteroatoms. The van der Waals surface area contributed by atoms with Gasteiger partial charge in [-0.2, -0.15) is 4.98 Å². The average molecular weight is 402 g/mol. The Bertz CT molecular complexity index is 1290. The molecule has 3 aromatic heterocycles. The van der Waals surface area contributed by atoms with Crippen LogP contribution < -0.4 is 11.2 Å². The smallest absolute Gasteiger partial charge is 0.332 e. The molecule has 146 valence electrons. The Morgan fingerprint density at radius 2 is 1.82 bits per heavy atom. The molecule has 0 saturated heterocycles. The van der Waals surface area contributed by atoms with Crippen molar-refractivity contribution in [1.82, 2.24) is 23.1 Å². The first-order valence-electron chi connectivity index (χ1n) is 8.86. The van der Waals surface area contributed by atoms with Crippen LogP contribution in [0.15, 0.2) is 40.1 Å². The second-order valence-electron chi connectivity index (χ2n) is 6.68. The number of fused-ring (bicyclic) bond motifs is 3. The van der Waals surface area contributed by atoms with Crippen molar-refractivity contribution in [3.63, 3.8) is 0 Å². The number of methoxy groups -OCH3 is 1. The molecular weight excluding hydrogens is 382 g/mol. The third kappa shape index (κ3) is 2.76. The first-order chi connectivity index (χ1) is 13.4. The van der Waals surface area contributed by atoms with Crippen LogP contribution in [0, 0.1) is 0 Å². The molecule has 3 heterocycles. The van der Waals surface area contributed by atoms with Gasteiger partial charge in [-0.25, -0.2) is 4.79 Å². The van der Waals surface area contributed by atoms with E-state index in [4.69, 9.17) is 16.3 Å². The summed E-state index contributed by atoms with van der Waals surface area (Å²) in [4.78, 5) is 29.7. The van der Waals surface area contributed by atoms with Gasteiger partial charge in [-0.3, -0.25) is 18.3 Å². The highest BCUT2D eigenvalue weighted by atomic mass is 35.5. The molecule has 0 atom stereocenters. The third-order valence-electron chi connectivity index (χ3n) is 4.93. The molecule has 0 aliphatic carbocycles. The Hall–Kier alpha value is -2.84. The summed E-state index contributed by atoms with van der Waals surface area (Å²) in [6, 6.07) is 7.51. The first kappa shape index (κ1) is 18.5. The minimum absolute atomic E-state index is 0.367. The highest BCUT2D eigenvalue weighted by Gasteiger charge is 2.20. The predicted octanol–water partition coefficient (Wildman–Crippen LogP) is 2.04. The maximum atomic E-state index is 12.8. The third-order valence-corrected chi connectivity index (χ3v) is 5.18. The molecule has 0 radical (unpaired) electrons. The second-order valence-corrected chi connectivity index (χ2v) is 7.12. The summed E-state index contributed by atoms with van der Waals surface area (Å²) in [5.41, 5.74) is 1.84. The lowest BCUT2D eigenvalue weighted by molar-refractivity contribution is 0.191. The number of ether oxygens (including phenoxy) is 1. The topological polar surface area (TPSA) is 75.5 Å². The molecule has 28 heavy (non-hydrogen) atoms. The van der Waals surface area contributed by atoms with E-state index in [1.54, 1.807) is 18.6 Å². The largest absolute Gasteiger partial charge is 0.385 e. The Morgan fingerprint density at radius 1 is 1.11 bits per heavy atom. The fourth-order valence-corrected chi connectivity index (χ4v) is 3.58. The summed E-state index contributed by atoms with van der Waals surface area (Å²) in [6.07, 6.45) is 2.66. The van der Waals surface area contributed by atoms with Crippen molar-refractivity contribution in [2.24, 2.45) is 14.1 Å². The van der Waals surface area contributed by atoms with Crippen molar-refractivity contribution in [2.75, 3.05) is 13.7 Å². The SMILES string of the molecule is COCCCn1c(-c2ccc(Cl)cc2)cn2c3c(=O)n(C)c(=O)n(C)c3nc12. The molecule has 4 rings (SSSR count). The van der Waals surface area contributed by atoms with E-state index in [1.807, 2.05) is 35.0 Å². The summed E-state index contributed by atoms with van der Waals surface area (Å²) in [5.74, 6) is 0.606. The van der Waals surface area contributed by atoms with Gasteiger partial charge in [-0.15, -0.1) is 0 Å². The Morgan fingerprint density at radius 3 is 2.50 bits per heavy atom. The van der Waals surface area contributed by atoms with Gasteiger partial charge < -0.3 is 9.30 Å². The van der Waals surface area contributed by atoms with Crippen LogP contribution in [0.3, 0.4) is 0 Å². The van der Waals surface area contributed by atoms with E-state index in [1.165, 1.54) is 11.6 Å². The van der Waals surface area contributed by atoms with Gasteiger partial charge in [0.05, 0.1) is 5.69 Å². The summed E-state index contributed by atoms with van der Waals surface area (Å²) < 4.78 is 11.5. The normalized spacial score (nSPS) is 11.7. The predicted molar refractivity (Wildman–Crippen MR) is 108 cm³/mol. The summed E-state index contributed by atoms with van der Waals surface area (Å²) in [5, 5.41) is 0.653. The van der Waals surface area contributed by atoms with Crippen LogP contribution in [0.5, 0.6) is 0 Å². The molecule has 0 aliphatic heterocycles. The van der Waals surface area contributed by atoms with Crippen molar-refractivity contribution in [3.05, 3.63) is 56.3 Å². The van der Waals surface area contributed by atoms with Gasteiger partial charge in [0, 0.05) is 45.6 Å². The fraction of sp³-hybridized carbons (Fsp3) is 0.316. The van der Waals surface area contributed by atoms with Crippen LogP contribution >= 0.6 is 11.6 Å². The molecule has 8 nitrogen and oxygen atoms in total. The second kappa shape index (κ2) is 6.96. The van der Waals surface area contributed by atoms with Crippen LogP contribution in [-0.2, 0) is 25.4 Å². The van der Waals surface area contributed by atoms with E-state index < -0.39 is 5.69 Å². The summed E-state index contributed by atoms with van der Waals surface area (Å²) in [6.45, 7) is 1.25. The molecule has 0 unspecified atom stereocenters. The van der Waals surface area contributed by atoms with Crippen molar-refractivity contribution in [2.45, 2.75) is 13.0 Å². The quantitative estimate of drug-likeness (QED) is 0.479. The minimum atomic E-state index is -0.401. The number of aromatic nitrogens is 5. The number of imidazole rings is 2. The zero-order chi connectivity index (χ0) is 20.0. The highest BCUT2D eigenvalue weighted by Crippen LogP contribution is 2.26. The molecule has 0 bridgehead atoms. The van der Waals surface area contributed by atoms with E-state index >= 15 is 0 Å². The number of rotatable bonds is 5. The van der Waals surface area contributed by atoms with Gasteiger partial charge in [0.25, 0.3) is 5.56 Å². The maximum Gasteiger partial charge on any atom is 0.332 e. The number of benzene rings is 1. The van der Waals surface area contributed by atoms with Crippen LogP contribution in [0.25, 0.3) is 28.2 Å². The lowest BCUT2D eigenvalue weighted by Gasteiger charge is -2.09. The minimum Gasteiger partial charge on any atom is -0.385 e. The lowest BCUT2D eigenvalue weighted by Crippen LogP contribution is -2.37. The number of hydrogen-bond donors (Lipinski definition) is 0. The molecule has 0 saturated carbocycles. The van der Waals surface area contributed by atoms with Crippen LogP contribution in [0.1, 0.15) is 6.42 Å². The Kier molecular flexibility index (Phi) is 4.60. The molecule has 4 aromatic rings. The summed E-state index contributed by atoms with van der Waals surface area (Å²) in [7, 11) is 4.75. The lowest BCUT2D eigenvalue weighted by atomic mass is 10.1. The van der Waals surface area contributed by atoms with Gasteiger partial charge in [0.2, 0.25) is 5.78 Å². The van der Waals surface area contributed by atoms with E-state index in [0.717, 1.165) is 22.2 Å². The zero-order valence-electron chi connectivity index (χ0n) is 15.8. The van der Waals surface area contributed by atoms with E-state index in [2.05, 4.69) is 4.98 Å². The van der Waals surface area contributed by atoms with Gasteiger partial charge in [-0.1, -0.05) is 23.7 Å². The number of aryl methyl sites for hydroxylation is 2. The van der Waals surface area contributed by atoms with Crippen molar-refractivity contribution >= 4 is 28.5 Å². The molecule has 1 aromatic carbocycles. The van der Waals surface area contributed by atoms with Crippen molar-refractivity contribution < 1.29 is 4.74 Å². The summed E-state index contributed by atoms with van der Waals surface area (Å²) >= 11 is 6.03. The number of halogens is 1. The molecule has 0 spiro atoms. The number of hydrogen-bond acceptors (Lipinski definition) is 4. The van der Waals surface area contributed by atoms with Crippen LogP contribution in [0.2, 0.25) is 5.02 Å². The van der Waals surface area contributed by atoms with Crippen LogP contribution in [-0.4, -0.2) is 36.8 Å². The molecular formula is C19H20ClN5O3. The molecule has 0 fully saturated rings. The van der Waals surface area contributed by atoms with E-state index in [-0.39, 0.29) is 5.56 Å². The average Bonchev–Trinajstić information content (AvgIpc) is 3.22. The van der Waals surface area contributed by atoms with Gasteiger partial charge >= 0.3 is 5.69 Å². The first-order valence-corrected chi connectivity index (χ1v) is 9.24. The highest BCUT2D eigenvalue weighted by molar-refractivity contribution is 6.30. The standard InChI is InChI=1S/C19H20ClN5O3/c1-22-16-15(17(26)23(2)19(22)27)25-11-14(12-5-7-13(20)8-6-12)24(18(25)21-16)9-4-10-28-3/h5-8,11H,4,9-10H2,1-3H3. The van der Waals surface area contributed by atoms with Gasteiger partial charge in [0.1, 0.15) is 0 Å². The Balaban J connectivity index is 2.04. The van der Waals surface area contributed by atoms with Crippen LogP contribution in [0.4, 0.5) is 0 Å². The van der Waals surface area contributed by atoms with E-state index in [9.17, 15) is 9.59 Å². The molecule has 0 N–H and O–H groups in total. The maximum absolute atomic E-state index is 12.8. The van der Waals surface area contributed by atoms with Gasteiger partial charge in [0.15, 0.2) is 11.2 Å². The van der Waals surface area contributed by atoms with Crippen molar-refractivity contribution in [3.8, 4) is 11.3 Å². The van der Waals surface area contributed by atoms with E-state index in [0.29, 0.717) is 35.1 Å². The van der Waals surface area contributed by atoms with Gasteiger partial charge in [-0.05, 0) is 24.1 Å². The van der Waals surface area contributed by atoms with Crippen molar-refractivity contribution in [1.29, 1.82) is 0 Å². The monoisotopic (exact) mass is 401 g/mol. The molecule has 0 aliphatic rings. The Labute approximate surface area is 165 Å². The zero-order valence-corrected chi connectivity index (χ0v) is 16.6.